The van der Waals surface area contributed by atoms with Gasteiger partial charge in [-0.05, 0) is 39.5 Å². The van der Waals surface area contributed by atoms with Crippen LogP contribution in [0.5, 0.6) is 0 Å². The van der Waals surface area contributed by atoms with Crippen molar-refractivity contribution in [2.75, 3.05) is 7.05 Å². The Morgan fingerprint density at radius 1 is 1.35 bits per heavy atom. The molecule has 2 atom stereocenters. The normalized spacial score (nSPS) is 23.0. The second-order valence-corrected chi connectivity index (χ2v) is 9.85. The Morgan fingerprint density at radius 2 is 1.88 bits per heavy atom. The Kier molecular flexibility index (Phi) is 6.19. The van der Waals surface area contributed by atoms with Crippen molar-refractivity contribution in [2.45, 2.75) is 58.3 Å². The average molecular weight is 389 g/mol. The van der Waals surface area contributed by atoms with Crippen molar-refractivity contribution in [3.8, 4) is 0 Å². The number of allylic oxidation sites excluding steroid dienone is 4. The quantitative estimate of drug-likeness (QED) is 0.617. The van der Waals surface area contributed by atoms with Crippen molar-refractivity contribution in [3.63, 3.8) is 0 Å². The number of amides is 1. The second kappa shape index (κ2) is 7.18. The number of carboxylic acids is 1. The molecule has 1 unspecified atom stereocenters. The molecule has 1 amide bonds. The van der Waals surface area contributed by atoms with Gasteiger partial charge in [-0.3, -0.25) is 9.46 Å². The van der Waals surface area contributed by atoms with Crippen LogP contribution in [-0.2, 0) is 14.1 Å². The van der Waals surface area contributed by atoms with Gasteiger partial charge < -0.3 is 19.6 Å². The zero-order valence-corrected chi connectivity index (χ0v) is 16.9. The summed E-state index contributed by atoms with van der Waals surface area (Å²) in [7, 11) is -4.25. The van der Waals surface area contributed by atoms with Gasteiger partial charge in [0.1, 0.15) is 5.60 Å². The summed E-state index contributed by atoms with van der Waals surface area (Å²) >= 11 is 0. The smallest absolute Gasteiger partial charge is 0.411 e. The van der Waals surface area contributed by atoms with Crippen molar-refractivity contribution < 1.29 is 33.8 Å². The summed E-state index contributed by atoms with van der Waals surface area (Å²) in [6.07, 6.45) is 4.17. The molecule has 0 aromatic heterocycles. The first-order chi connectivity index (χ1) is 11.5. The number of likely N-dealkylation sites (N-methyl/N-ethyl adjacent to an activating group) is 1. The Morgan fingerprint density at radius 3 is 2.23 bits per heavy atom. The molecule has 0 saturated heterocycles. The standard InChI is InChI=1S/C17H28NO7P/c1-12-7-9-16(5,10-8-12)11-17(13(19)20,26(22,23)24)18(6)14(21)25-15(2,3)4/h7-9H,10-11H2,1-6H3,(H,19,20)(H2,22,23,24)/t16?,17-/m1/s1. The van der Waals surface area contributed by atoms with Gasteiger partial charge in [-0.15, -0.1) is 0 Å². The molecule has 0 aromatic carbocycles. The maximum Gasteiger partial charge on any atom is 0.411 e. The first-order valence-corrected chi connectivity index (χ1v) is 9.77. The van der Waals surface area contributed by atoms with Crippen LogP contribution in [-0.4, -0.2) is 49.8 Å². The van der Waals surface area contributed by atoms with Crippen molar-refractivity contribution >= 4 is 19.7 Å². The molecule has 0 fully saturated rings. The van der Waals surface area contributed by atoms with Crippen LogP contribution in [0, 0.1) is 5.41 Å². The van der Waals surface area contributed by atoms with Gasteiger partial charge in [-0.1, -0.05) is 30.7 Å². The number of aliphatic carboxylic acids is 1. The molecule has 0 spiro atoms. The van der Waals surface area contributed by atoms with Crippen molar-refractivity contribution in [3.05, 3.63) is 23.8 Å². The van der Waals surface area contributed by atoms with E-state index in [9.17, 15) is 29.0 Å². The number of hydrogen-bond acceptors (Lipinski definition) is 4. The lowest BCUT2D eigenvalue weighted by atomic mass is 9.76. The van der Waals surface area contributed by atoms with Gasteiger partial charge in [-0.25, -0.2) is 9.59 Å². The summed E-state index contributed by atoms with van der Waals surface area (Å²) < 4.78 is 17.5. The summed E-state index contributed by atoms with van der Waals surface area (Å²) in [5, 5.41) is 7.05. The Bertz CT molecular complexity index is 688. The Labute approximate surface area is 153 Å². The maximum absolute atomic E-state index is 12.4. The lowest BCUT2D eigenvalue weighted by Crippen LogP contribution is -2.57. The lowest BCUT2D eigenvalue weighted by Gasteiger charge is -2.43. The highest BCUT2D eigenvalue weighted by molar-refractivity contribution is 7.54. The molecule has 26 heavy (non-hydrogen) atoms. The minimum Gasteiger partial charge on any atom is -0.479 e. The van der Waals surface area contributed by atoms with Gasteiger partial charge in [0.2, 0.25) is 5.28 Å². The summed E-state index contributed by atoms with van der Waals surface area (Å²) in [5.41, 5.74) is -0.825. The van der Waals surface area contributed by atoms with Crippen LogP contribution in [0.4, 0.5) is 4.79 Å². The molecule has 8 nitrogen and oxygen atoms in total. The van der Waals surface area contributed by atoms with Gasteiger partial charge >= 0.3 is 19.7 Å². The van der Waals surface area contributed by atoms with E-state index in [4.69, 9.17) is 4.74 Å². The molecule has 0 aromatic rings. The Balaban J connectivity index is 3.41. The summed E-state index contributed by atoms with van der Waals surface area (Å²) in [6, 6.07) is 0. The SMILES string of the molecule is CC1=CCC(C)(C[C@@](C(=O)O)(N(C)C(=O)OC(C)(C)C)P(=O)(O)O)C=C1. The highest BCUT2D eigenvalue weighted by Gasteiger charge is 2.61. The van der Waals surface area contributed by atoms with Crippen LogP contribution >= 0.6 is 7.60 Å². The van der Waals surface area contributed by atoms with E-state index in [1.54, 1.807) is 39.8 Å². The molecular formula is C17H28NO7P. The van der Waals surface area contributed by atoms with Crippen LogP contribution in [0.1, 0.15) is 47.5 Å². The number of nitrogens with zero attached hydrogens (tertiary/aromatic N) is 1. The number of carbonyl (C=O) groups is 2. The lowest BCUT2D eigenvalue weighted by molar-refractivity contribution is -0.147. The molecule has 3 N–H and O–H groups in total. The molecule has 0 radical (unpaired) electrons. The van der Waals surface area contributed by atoms with Crippen molar-refractivity contribution in [1.29, 1.82) is 0 Å². The highest BCUT2D eigenvalue weighted by Crippen LogP contribution is 2.58. The van der Waals surface area contributed by atoms with Crippen LogP contribution in [0.25, 0.3) is 0 Å². The molecule has 0 saturated carbocycles. The van der Waals surface area contributed by atoms with Gasteiger partial charge in [0, 0.05) is 13.5 Å². The van der Waals surface area contributed by atoms with Crippen molar-refractivity contribution in [1.82, 2.24) is 4.90 Å². The number of carboxylic acid groups (broad SMARTS) is 1. The first kappa shape index (κ1) is 22.4. The molecule has 148 valence electrons. The van der Waals surface area contributed by atoms with E-state index in [2.05, 4.69) is 0 Å². The molecule has 1 aliphatic rings. The van der Waals surface area contributed by atoms with Crippen molar-refractivity contribution in [2.24, 2.45) is 5.41 Å². The largest absolute Gasteiger partial charge is 0.479 e. The number of ether oxygens (including phenoxy) is 1. The molecule has 9 heteroatoms. The number of carbonyl (C=O) groups excluding carboxylic acids is 1. The van der Waals surface area contributed by atoms with E-state index in [-0.39, 0.29) is 0 Å². The van der Waals surface area contributed by atoms with E-state index in [0.29, 0.717) is 11.3 Å². The molecular weight excluding hydrogens is 361 g/mol. The van der Waals surface area contributed by atoms with Gasteiger partial charge in [-0.2, -0.15) is 0 Å². The van der Waals surface area contributed by atoms with Crippen LogP contribution in [0.3, 0.4) is 0 Å². The molecule has 1 aliphatic carbocycles. The zero-order valence-electron chi connectivity index (χ0n) is 16.0. The van der Waals surface area contributed by atoms with Gasteiger partial charge in [0.05, 0.1) is 0 Å². The molecule has 0 heterocycles. The molecule has 0 aliphatic heterocycles. The predicted octanol–water partition coefficient (Wildman–Crippen LogP) is 3.11. The number of rotatable bonds is 5. The van der Waals surface area contributed by atoms with Crippen LogP contribution in [0.15, 0.2) is 23.8 Å². The third-order valence-corrected chi connectivity index (χ3v) is 5.95. The van der Waals surface area contributed by atoms with E-state index >= 15 is 0 Å². The summed E-state index contributed by atoms with van der Waals surface area (Å²) in [5.74, 6) is -1.78. The summed E-state index contributed by atoms with van der Waals surface area (Å²) in [4.78, 5) is 44.9. The fourth-order valence-electron chi connectivity index (χ4n) is 2.80. The van der Waals surface area contributed by atoms with E-state index < -0.39 is 42.4 Å². The van der Waals surface area contributed by atoms with Crippen LogP contribution in [0.2, 0.25) is 0 Å². The Hall–Kier alpha value is -1.63. The first-order valence-electron chi connectivity index (χ1n) is 8.16. The highest BCUT2D eigenvalue weighted by atomic mass is 31.2. The van der Waals surface area contributed by atoms with E-state index in [0.717, 1.165) is 12.6 Å². The predicted molar refractivity (Wildman–Crippen MR) is 96.6 cm³/mol. The zero-order chi connectivity index (χ0) is 20.6. The van der Waals surface area contributed by atoms with Crippen LogP contribution < -0.4 is 0 Å². The minimum atomic E-state index is -5.29. The molecule has 0 bridgehead atoms. The average Bonchev–Trinajstić information content (AvgIpc) is 2.44. The minimum absolute atomic E-state index is 0.395. The fourth-order valence-corrected chi connectivity index (χ4v) is 4.09. The second-order valence-electron chi connectivity index (χ2n) is 8.02. The summed E-state index contributed by atoms with van der Waals surface area (Å²) in [6.45, 7) is 8.31. The van der Waals surface area contributed by atoms with Gasteiger partial charge in [0.15, 0.2) is 0 Å². The topological polar surface area (TPSA) is 124 Å². The van der Waals surface area contributed by atoms with Gasteiger partial charge in [0.25, 0.3) is 0 Å². The monoisotopic (exact) mass is 389 g/mol. The third-order valence-electron chi connectivity index (χ3n) is 4.34. The fraction of sp³-hybridized carbons (Fsp3) is 0.647. The van der Waals surface area contributed by atoms with E-state index in [1.165, 1.54) is 0 Å². The number of hydrogen-bond donors (Lipinski definition) is 3. The third kappa shape index (κ3) is 4.75. The molecule has 1 rings (SSSR count). The maximum atomic E-state index is 12.4. The van der Waals surface area contributed by atoms with E-state index in [1.807, 2.05) is 13.0 Å².